The Balaban J connectivity index is 0.00000261. The minimum absolute atomic E-state index is 0. The summed E-state index contributed by atoms with van der Waals surface area (Å²) in [6, 6.07) is 8.24. The van der Waals surface area contributed by atoms with Gasteiger partial charge in [-0.15, -0.1) is 24.0 Å². The minimum atomic E-state index is 0. The number of piperidine rings is 1. The van der Waals surface area contributed by atoms with Gasteiger partial charge in [0.05, 0.1) is 0 Å². The summed E-state index contributed by atoms with van der Waals surface area (Å²) in [5.74, 6) is 1.60. The summed E-state index contributed by atoms with van der Waals surface area (Å²) in [6.07, 6.45) is 5.11. The Labute approximate surface area is 184 Å². The van der Waals surface area contributed by atoms with E-state index in [9.17, 15) is 4.79 Å². The molecule has 2 N–H and O–H groups in total. The van der Waals surface area contributed by atoms with Crippen LogP contribution in [0.1, 0.15) is 37.7 Å². The maximum Gasteiger partial charge on any atom is 0.220 e. The van der Waals surface area contributed by atoms with Gasteiger partial charge >= 0.3 is 0 Å². The predicted octanol–water partition coefficient (Wildman–Crippen LogP) is 3.41. The van der Waals surface area contributed by atoms with Crippen molar-refractivity contribution in [1.82, 2.24) is 15.5 Å². The van der Waals surface area contributed by atoms with Crippen LogP contribution in [0, 0.1) is 5.92 Å². The molecule has 1 aliphatic heterocycles. The van der Waals surface area contributed by atoms with Crippen molar-refractivity contribution < 1.29 is 4.79 Å². The molecule has 0 atom stereocenters. The highest BCUT2D eigenvalue weighted by atomic mass is 127. The molecule has 2 fully saturated rings. The number of rotatable bonds is 5. The molecule has 7 heteroatoms. The number of hydrogen-bond donors (Lipinski definition) is 2. The summed E-state index contributed by atoms with van der Waals surface area (Å²) in [6.45, 7) is 2.81. The quantitative estimate of drug-likeness (QED) is 0.367. The van der Waals surface area contributed by atoms with Crippen LogP contribution in [-0.2, 0) is 10.2 Å². The van der Waals surface area contributed by atoms with Gasteiger partial charge in [-0.2, -0.15) is 0 Å². The van der Waals surface area contributed by atoms with Crippen molar-refractivity contribution in [2.45, 2.75) is 37.5 Å². The molecular formula is C20H30ClIN4O. The summed E-state index contributed by atoms with van der Waals surface area (Å²) >= 11 is 6.02. The van der Waals surface area contributed by atoms with Crippen LogP contribution in [-0.4, -0.2) is 50.5 Å². The molecule has 1 amide bonds. The van der Waals surface area contributed by atoms with Crippen LogP contribution in [0.5, 0.6) is 0 Å². The lowest BCUT2D eigenvalue weighted by Crippen LogP contribution is -2.47. The van der Waals surface area contributed by atoms with E-state index in [-0.39, 0.29) is 35.3 Å². The zero-order chi connectivity index (χ0) is 18.6. The van der Waals surface area contributed by atoms with Crippen LogP contribution in [0.25, 0.3) is 0 Å². The molecule has 1 aliphatic carbocycles. The molecule has 0 radical (unpaired) electrons. The normalized spacial score (nSPS) is 19.2. The highest BCUT2D eigenvalue weighted by molar-refractivity contribution is 14.0. The average Bonchev–Trinajstić information content (AvgIpc) is 3.45. The molecule has 0 aromatic heterocycles. The first-order valence-electron chi connectivity index (χ1n) is 9.48. The summed E-state index contributed by atoms with van der Waals surface area (Å²) in [4.78, 5) is 18.4. The summed E-state index contributed by atoms with van der Waals surface area (Å²) < 4.78 is 0. The van der Waals surface area contributed by atoms with E-state index in [1.807, 2.05) is 19.2 Å². The van der Waals surface area contributed by atoms with Crippen molar-refractivity contribution in [3.05, 3.63) is 34.9 Å². The van der Waals surface area contributed by atoms with Crippen molar-refractivity contribution in [3.63, 3.8) is 0 Å². The summed E-state index contributed by atoms with van der Waals surface area (Å²) in [5, 5.41) is 7.09. The Bertz CT molecular complexity index is 652. The molecule has 1 saturated heterocycles. The topological polar surface area (TPSA) is 56.7 Å². The molecule has 1 aromatic carbocycles. The van der Waals surface area contributed by atoms with E-state index in [2.05, 4.69) is 32.7 Å². The van der Waals surface area contributed by atoms with Crippen LogP contribution in [0.4, 0.5) is 0 Å². The van der Waals surface area contributed by atoms with E-state index < -0.39 is 0 Å². The fourth-order valence-electron chi connectivity index (χ4n) is 3.82. The molecule has 150 valence electrons. The fraction of sp³-hybridized carbons (Fsp3) is 0.600. The second kappa shape index (κ2) is 9.96. The van der Waals surface area contributed by atoms with Crippen molar-refractivity contribution in [1.29, 1.82) is 0 Å². The third kappa shape index (κ3) is 5.73. The third-order valence-electron chi connectivity index (χ3n) is 5.77. The summed E-state index contributed by atoms with van der Waals surface area (Å²) in [5.41, 5.74) is 1.58. The second-order valence-electron chi connectivity index (χ2n) is 7.50. The SMILES string of the molecule is CN=C(NCC1(c2ccc(Cl)cc2)CC1)N1CCC(CC(=O)NC)CC1.I. The number of nitrogens with one attached hydrogen (secondary N) is 2. The van der Waals surface area contributed by atoms with Gasteiger partial charge in [-0.25, -0.2) is 0 Å². The van der Waals surface area contributed by atoms with Gasteiger partial charge < -0.3 is 15.5 Å². The molecule has 1 aromatic rings. The molecular weight excluding hydrogens is 475 g/mol. The predicted molar refractivity (Wildman–Crippen MR) is 122 cm³/mol. The Kier molecular flexibility index (Phi) is 8.21. The average molecular weight is 505 g/mol. The van der Waals surface area contributed by atoms with E-state index >= 15 is 0 Å². The molecule has 27 heavy (non-hydrogen) atoms. The van der Waals surface area contributed by atoms with Crippen molar-refractivity contribution >= 4 is 47.4 Å². The molecule has 1 heterocycles. The number of guanidine groups is 1. The number of hydrogen-bond acceptors (Lipinski definition) is 2. The first kappa shape index (κ1) is 22.3. The van der Waals surface area contributed by atoms with E-state index in [0.717, 1.165) is 43.5 Å². The zero-order valence-corrected chi connectivity index (χ0v) is 19.2. The van der Waals surface area contributed by atoms with Crippen molar-refractivity contribution in [2.75, 3.05) is 33.7 Å². The first-order valence-corrected chi connectivity index (χ1v) is 9.86. The van der Waals surface area contributed by atoms with E-state index in [1.54, 1.807) is 7.05 Å². The number of aliphatic imine (C=N–C) groups is 1. The Hall–Kier alpha value is -1.02. The standard InChI is InChI=1S/C20H29ClN4O.HI/c1-22-18(26)13-15-7-11-25(12-8-15)19(23-2)24-14-20(9-10-20)16-3-5-17(21)6-4-16;/h3-6,15H,7-14H2,1-2H3,(H,22,26)(H,23,24);1H. The molecule has 0 spiro atoms. The molecule has 0 unspecified atom stereocenters. The number of halogens is 2. The van der Waals surface area contributed by atoms with E-state index in [1.165, 1.54) is 18.4 Å². The Morgan fingerprint density at radius 3 is 2.41 bits per heavy atom. The van der Waals surface area contributed by atoms with E-state index in [0.29, 0.717) is 12.3 Å². The number of nitrogens with zero attached hydrogens (tertiary/aromatic N) is 2. The van der Waals surface area contributed by atoms with Crippen LogP contribution < -0.4 is 10.6 Å². The smallest absolute Gasteiger partial charge is 0.220 e. The largest absolute Gasteiger partial charge is 0.359 e. The monoisotopic (exact) mass is 504 g/mol. The van der Waals surface area contributed by atoms with Crippen molar-refractivity contribution in [2.24, 2.45) is 10.9 Å². The lowest BCUT2D eigenvalue weighted by molar-refractivity contribution is -0.121. The van der Waals surface area contributed by atoms with Crippen LogP contribution >= 0.6 is 35.6 Å². The lowest BCUT2D eigenvalue weighted by Gasteiger charge is -2.34. The maximum atomic E-state index is 11.6. The second-order valence-corrected chi connectivity index (χ2v) is 7.93. The van der Waals surface area contributed by atoms with Gasteiger partial charge in [0.15, 0.2) is 5.96 Å². The van der Waals surface area contributed by atoms with Crippen LogP contribution in [0.2, 0.25) is 5.02 Å². The molecule has 0 bridgehead atoms. The number of likely N-dealkylation sites (tertiary alicyclic amines) is 1. The van der Waals surface area contributed by atoms with Gasteiger partial charge in [-0.3, -0.25) is 9.79 Å². The molecule has 5 nitrogen and oxygen atoms in total. The highest BCUT2D eigenvalue weighted by Gasteiger charge is 2.44. The molecule has 3 rings (SSSR count). The zero-order valence-electron chi connectivity index (χ0n) is 16.1. The Morgan fingerprint density at radius 2 is 1.89 bits per heavy atom. The van der Waals surface area contributed by atoms with Crippen LogP contribution in [0.3, 0.4) is 0 Å². The fourth-order valence-corrected chi connectivity index (χ4v) is 3.94. The maximum absolute atomic E-state index is 11.6. The molecule has 2 aliphatic rings. The number of amides is 1. The van der Waals surface area contributed by atoms with Gasteiger partial charge in [0.1, 0.15) is 0 Å². The van der Waals surface area contributed by atoms with Gasteiger partial charge in [0.25, 0.3) is 0 Å². The molecule has 1 saturated carbocycles. The van der Waals surface area contributed by atoms with Gasteiger partial charge in [0.2, 0.25) is 5.91 Å². The van der Waals surface area contributed by atoms with Crippen molar-refractivity contribution in [3.8, 4) is 0 Å². The van der Waals surface area contributed by atoms with Gasteiger partial charge in [-0.1, -0.05) is 23.7 Å². The number of carbonyl (C=O) groups is 1. The Morgan fingerprint density at radius 1 is 1.26 bits per heavy atom. The van der Waals surface area contributed by atoms with E-state index in [4.69, 9.17) is 11.6 Å². The lowest BCUT2D eigenvalue weighted by atomic mass is 9.93. The first-order chi connectivity index (χ1) is 12.6. The minimum Gasteiger partial charge on any atom is -0.359 e. The third-order valence-corrected chi connectivity index (χ3v) is 6.03. The number of carbonyl (C=O) groups excluding carboxylic acids is 1. The summed E-state index contributed by atoms with van der Waals surface area (Å²) in [7, 11) is 3.55. The highest BCUT2D eigenvalue weighted by Crippen LogP contribution is 2.47. The van der Waals surface area contributed by atoms with Gasteiger partial charge in [0, 0.05) is 50.6 Å². The van der Waals surface area contributed by atoms with Crippen LogP contribution in [0.15, 0.2) is 29.3 Å². The van der Waals surface area contributed by atoms with Gasteiger partial charge in [-0.05, 0) is 49.3 Å². The number of benzene rings is 1.